The van der Waals surface area contributed by atoms with Gasteiger partial charge in [0.25, 0.3) is 0 Å². The Labute approximate surface area is 133 Å². The summed E-state index contributed by atoms with van der Waals surface area (Å²) in [6.45, 7) is 3.80. The molecular formula is C11H16N3O5P2S-. The van der Waals surface area contributed by atoms with Crippen molar-refractivity contribution in [3.63, 3.8) is 0 Å². The third kappa shape index (κ3) is 4.73. The van der Waals surface area contributed by atoms with E-state index in [4.69, 9.17) is 5.26 Å². The molecule has 0 N–H and O–H groups in total. The predicted molar refractivity (Wildman–Crippen MR) is 84.5 cm³/mol. The van der Waals surface area contributed by atoms with Crippen molar-refractivity contribution in [1.82, 2.24) is 9.96 Å². The van der Waals surface area contributed by atoms with Crippen LogP contribution in [0.5, 0.6) is 0 Å². The molecule has 122 valence electrons. The molecule has 2 unspecified atom stereocenters. The average Bonchev–Trinajstić information content (AvgIpc) is 2.70. The zero-order chi connectivity index (χ0) is 16.9. The van der Waals surface area contributed by atoms with Crippen molar-refractivity contribution in [3.05, 3.63) is 23.5 Å². The quantitative estimate of drug-likeness (QED) is 0.323. The van der Waals surface area contributed by atoms with Crippen LogP contribution in [0.2, 0.25) is 0 Å². The lowest BCUT2D eigenvalue weighted by molar-refractivity contribution is -0.0222. The van der Waals surface area contributed by atoms with Crippen molar-refractivity contribution in [3.8, 4) is 6.07 Å². The Kier molecular flexibility index (Phi) is 6.92. The molecule has 2 rings (SSSR count). The number of amides is 2. The first kappa shape index (κ1) is 19.0. The van der Waals surface area contributed by atoms with Crippen molar-refractivity contribution in [2.24, 2.45) is 0 Å². The van der Waals surface area contributed by atoms with E-state index >= 15 is 0 Å². The number of fused-ring (bicyclic) bond motifs is 2. The molecule has 0 radical (unpaired) electrons. The summed E-state index contributed by atoms with van der Waals surface area (Å²) >= 11 is 0. The van der Waals surface area contributed by atoms with Gasteiger partial charge in [-0.25, -0.2) is 13.2 Å². The molecular weight excluding hydrogens is 348 g/mol. The van der Waals surface area contributed by atoms with Gasteiger partial charge in [0, 0.05) is 0 Å². The van der Waals surface area contributed by atoms with Crippen LogP contribution < -0.4 is 0 Å². The molecule has 2 aliphatic heterocycles. The van der Waals surface area contributed by atoms with Gasteiger partial charge in [-0.15, -0.1) is 8.93 Å². The Morgan fingerprint density at radius 2 is 2.27 bits per heavy atom. The summed E-state index contributed by atoms with van der Waals surface area (Å²) in [5.41, 5.74) is 0.613. The number of hydroxylamine groups is 2. The topological polar surface area (TPSA) is 114 Å². The summed E-state index contributed by atoms with van der Waals surface area (Å²) in [6.07, 6.45) is 3.58. The van der Waals surface area contributed by atoms with Crippen LogP contribution in [0.4, 0.5) is 4.79 Å². The van der Waals surface area contributed by atoms with Gasteiger partial charge in [0.15, 0.2) is 0 Å². The van der Waals surface area contributed by atoms with E-state index in [1.165, 1.54) is 6.08 Å². The van der Waals surface area contributed by atoms with E-state index < -0.39 is 28.5 Å². The number of rotatable bonds is 3. The van der Waals surface area contributed by atoms with Gasteiger partial charge in [0.1, 0.15) is 12.1 Å². The fourth-order valence-corrected chi connectivity index (χ4v) is 3.13. The van der Waals surface area contributed by atoms with Crippen molar-refractivity contribution >= 4 is 33.6 Å². The summed E-state index contributed by atoms with van der Waals surface area (Å²) in [6, 6.07) is -0.308. The lowest BCUT2D eigenvalue weighted by Gasteiger charge is -2.24. The molecule has 0 aromatic heterocycles. The van der Waals surface area contributed by atoms with Crippen LogP contribution in [0.15, 0.2) is 23.5 Å². The second-order valence-corrected chi connectivity index (χ2v) is 7.04. The van der Waals surface area contributed by atoms with Gasteiger partial charge in [-0.05, 0) is 25.5 Å². The Bertz CT molecular complexity index is 628. The van der Waals surface area contributed by atoms with Gasteiger partial charge in [-0.2, -0.15) is 14.6 Å². The highest BCUT2D eigenvalue weighted by atomic mass is 32.3. The van der Waals surface area contributed by atoms with E-state index in [9.17, 15) is 17.8 Å². The lowest BCUT2D eigenvalue weighted by atomic mass is 10.0. The molecule has 8 nitrogen and oxygen atoms in total. The molecule has 0 aromatic carbocycles. The second-order valence-electron chi connectivity index (χ2n) is 4.41. The Morgan fingerprint density at radius 1 is 1.64 bits per heavy atom. The maximum Gasteiger partial charge on any atom is 0.347 e. The second kappa shape index (κ2) is 8.00. The molecule has 0 aromatic rings. The molecule has 0 spiro atoms. The zero-order valence-corrected chi connectivity index (χ0v) is 14.9. The van der Waals surface area contributed by atoms with Crippen LogP contribution in [0.1, 0.15) is 13.8 Å². The van der Waals surface area contributed by atoms with Gasteiger partial charge in [-0.1, -0.05) is 20.2 Å². The van der Waals surface area contributed by atoms with Gasteiger partial charge in [0.2, 0.25) is 10.4 Å². The van der Waals surface area contributed by atoms with Crippen molar-refractivity contribution in [1.29, 1.82) is 5.26 Å². The van der Waals surface area contributed by atoms with E-state index in [0.717, 1.165) is 13.2 Å². The minimum Gasteiger partial charge on any atom is -0.724 e. The molecule has 1 fully saturated rings. The summed E-state index contributed by atoms with van der Waals surface area (Å²) < 4.78 is 35.6. The van der Waals surface area contributed by atoms with Gasteiger partial charge < -0.3 is 9.45 Å². The highest BCUT2D eigenvalue weighted by Gasteiger charge is 2.46. The molecule has 2 aliphatic rings. The van der Waals surface area contributed by atoms with E-state index in [1.54, 1.807) is 6.92 Å². The number of nitriles is 1. The third-order valence-corrected chi connectivity index (χ3v) is 4.38. The smallest absolute Gasteiger partial charge is 0.347 e. The van der Waals surface area contributed by atoms with Crippen LogP contribution in [-0.4, -0.2) is 47.6 Å². The maximum absolute atomic E-state index is 11.7. The number of hydrogen-bond donors (Lipinski definition) is 0. The summed E-state index contributed by atoms with van der Waals surface area (Å²) in [5, 5.41) is 9.34. The summed E-state index contributed by atoms with van der Waals surface area (Å²) in [4.78, 5) is 12.9. The van der Waals surface area contributed by atoms with E-state index in [-0.39, 0.29) is 6.54 Å². The number of urea groups is 1. The molecule has 0 saturated carbocycles. The van der Waals surface area contributed by atoms with Crippen LogP contribution in [0.25, 0.3) is 0 Å². The highest BCUT2D eigenvalue weighted by molar-refractivity contribution is 8.04. The molecule has 4 atom stereocenters. The van der Waals surface area contributed by atoms with Crippen LogP contribution in [-0.2, 0) is 14.7 Å². The monoisotopic (exact) mass is 364 g/mol. The Morgan fingerprint density at radius 3 is 2.68 bits per heavy atom. The summed E-state index contributed by atoms with van der Waals surface area (Å²) in [5.74, 6) is 2.12. The number of nitrogens with zero attached hydrogens (tertiary/aromatic N) is 3. The largest absolute Gasteiger partial charge is 0.724 e. The minimum absolute atomic E-state index is 0.134. The molecule has 0 aliphatic carbocycles. The van der Waals surface area contributed by atoms with Crippen LogP contribution in [0.3, 0.4) is 0 Å². The van der Waals surface area contributed by atoms with Crippen molar-refractivity contribution in [2.45, 2.75) is 25.9 Å². The van der Waals surface area contributed by atoms with Crippen LogP contribution in [0, 0.1) is 11.3 Å². The molecule has 2 heterocycles. The molecule has 2 bridgehead atoms. The number of hydrogen-bond acceptors (Lipinski definition) is 6. The van der Waals surface area contributed by atoms with E-state index in [2.05, 4.69) is 19.0 Å². The molecule has 1 saturated heterocycles. The predicted octanol–water partition coefficient (Wildman–Crippen LogP) is 1.33. The van der Waals surface area contributed by atoms with E-state index in [1.807, 2.05) is 19.1 Å². The Hall–Kier alpha value is -1.03. The highest BCUT2D eigenvalue weighted by Crippen LogP contribution is 2.30. The van der Waals surface area contributed by atoms with Crippen molar-refractivity contribution in [2.75, 3.05) is 6.54 Å². The zero-order valence-electron chi connectivity index (χ0n) is 12.0. The maximum atomic E-state index is 11.7. The standard InChI is InChI=1S/C8H9N3O5S.C3H8P2/c1-5-2-6(3-9)10-4-7(5)11(8(10)12)16-17(13,14)15;1-2-3-5-4/h2,6-7H,4H2,1H3,(H,13,14,15);2-3,5H,4H2,1H3/p-1/b;3-2+/t6-,7-;/m0./s1. The molecule has 22 heavy (non-hydrogen) atoms. The normalized spacial score (nSPS) is 24.5. The SMILES string of the molecule is C/C=C/PP.CC1=C[C@@H](C#N)N2C[C@@H]1N(OS(=O)(=O)[O-])C2=O. The van der Waals surface area contributed by atoms with Gasteiger partial charge >= 0.3 is 6.03 Å². The molecule has 11 heteroatoms. The average molecular weight is 364 g/mol. The third-order valence-electron chi connectivity index (χ3n) is 2.94. The number of allylic oxidation sites excluding steroid dienone is 1. The minimum atomic E-state index is -5.01. The van der Waals surface area contributed by atoms with Crippen LogP contribution >= 0.6 is 17.2 Å². The van der Waals surface area contributed by atoms with Gasteiger partial charge in [-0.3, -0.25) is 0 Å². The first-order valence-electron chi connectivity index (χ1n) is 6.15. The first-order chi connectivity index (χ1) is 10.2. The molecule has 2 amide bonds. The van der Waals surface area contributed by atoms with Gasteiger partial charge in [0.05, 0.1) is 12.6 Å². The van der Waals surface area contributed by atoms with E-state index in [0.29, 0.717) is 10.6 Å². The summed E-state index contributed by atoms with van der Waals surface area (Å²) in [7, 11) is -1.47. The number of carbonyl (C=O) groups is 1. The lowest BCUT2D eigenvalue weighted by Crippen LogP contribution is -2.37. The Balaban J connectivity index is 0.000000422. The van der Waals surface area contributed by atoms with Crippen molar-refractivity contribution < 1.29 is 22.0 Å². The fourth-order valence-electron chi connectivity index (χ4n) is 2.00. The fraction of sp³-hybridized carbons (Fsp3) is 0.455. The number of carbonyl (C=O) groups excluding carboxylic acids is 1. The first-order valence-corrected chi connectivity index (χ1v) is 10.4.